The molecule has 8 heteroatoms. The lowest BCUT2D eigenvalue weighted by atomic mass is 10.1. The second-order valence-electron chi connectivity index (χ2n) is 7.65. The summed E-state index contributed by atoms with van der Waals surface area (Å²) in [6.07, 6.45) is 0. The number of hydrogen-bond acceptors (Lipinski definition) is 4. The largest absolute Gasteiger partial charge is 0.354 e. The number of nitrogens with one attached hydrogen (secondary N) is 1. The van der Waals surface area contributed by atoms with Crippen molar-refractivity contribution >= 4 is 45.0 Å². The highest BCUT2D eigenvalue weighted by Gasteiger charge is 2.28. The predicted octanol–water partition coefficient (Wildman–Crippen LogP) is 5.20. The van der Waals surface area contributed by atoms with E-state index in [0.717, 1.165) is 22.4 Å². The van der Waals surface area contributed by atoms with Gasteiger partial charge in [0.2, 0.25) is 5.91 Å². The van der Waals surface area contributed by atoms with Gasteiger partial charge in [-0.1, -0.05) is 54.1 Å². The summed E-state index contributed by atoms with van der Waals surface area (Å²) in [7, 11) is -3.91. The van der Waals surface area contributed by atoms with Gasteiger partial charge in [0.25, 0.3) is 10.0 Å². The summed E-state index contributed by atoms with van der Waals surface area (Å²) in [6, 6.07) is 21.4. The van der Waals surface area contributed by atoms with Crippen LogP contribution in [0.3, 0.4) is 0 Å². The lowest BCUT2D eigenvalue weighted by Crippen LogP contribution is -2.41. The first kappa shape index (κ1) is 25.1. The van der Waals surface area contributed by atoms with E-state index in [9.17, 15) is 13.2 Å². The minimum Gasteiger partial charge on any atom is -0.354 e. The van der Waals surface area contributed by atoms with Gasteiger partial charge in [0, 0.05) is 23.1 Å². The Balaban J connectivity index is 1.67. The van der Waals surface area contributed by atoms with Crippen LogP contribution in [0, 0.1) is 13.8 Å². The highest BCUT2D eigenvalue weighted by Crippen LogP contribution is 2.27. The zero-order chi connectivity index (χ0) is 23.8. The quantitative estimate of drug-likeness (QED) is 0.387. The highest BCUT2D eigenvalue weighted by atomic mass is 35.5. The summed E-state index contributed by atoms with van der Waals surface area (Å²) in [5, 5.41) is 3.55. The molecule has 3 rings (SSSR count). The number of nitrogens with zero attached hydrogens (tertiary/aromatic N) is 1. The van der Waals surface area contributed by atoms with E-state index in [1.165, 1.54) is 16.4 Å². The highest BCUT2D eigenvalue weighted by molar-refractivity contribution is 7.98. The SMILES string of the molecule is Cc1ccc(C)c(N(CC(=O)NCCSCc2cccc(Cl)c2)S(=O)(=O)c2ccccc2)c1. The van der Waals surface area contributed by atoms with E-state index in [0.29, 0.717) is 23.0 Å². The molecule has 0 aliphatic rings. The number of carbonyl (C=O) groups is 1. The minimum atomic E-state index is -3.91. The maximum absolute atomic E-state index is 13.4. The van der Waals surface area contributed by atoms with Crippen LogP contribution >= 0.6 is 23.4 Å². The zero-order valence-corrected chi connectivity index (χ0v) is 21.0. The lowest BCUT2D eigenvalue weighted by molar-refractivity contribution is -0.119. The molecule has 5 nitrogen and oxygen atoms in total. The fourth-order valence-corrected chi connectivity index (χ4v) is 5.79. The number of aryl methyl sites for hydroxylation is 2. The van der Waals surface area contributed by atoms with Crippen LogP contribution in [0.25, 0.3) is 0 Å². The van der Waals surface area contributed by atoms with Crippen LogP contribution in [0.2, 0.25) is 5.02 Å². The Morgan fingerprint density at radius 3 is 2.48 bits per heavy atom. The Morgan fingerprint density at radius 2 is 1.76 bits per heavy atom. The third-order valence-corrected chi connectivity index (χ3v) is 8.02. The summed E-state index contributed by atoms with van der Waals surface area (Å²) in [5.74, 6) is 1.14. The lowest BCUT2D eigenvalue weighted by Gasteiger charge is -2.26. The van der Waals surface area contributed by atoms with Crippen LogP contribution in [-0.4, -0.2) is 33.2 Å². The molecule has 0 atom stereocenters. The molecule has 0 bridgehead atoms. The summed E-state index contributed by atoms with van der Waals surface area (Å²) < 4.78 is 28.0. The van der Waals surface area contributed by atoms with Crippen molar-refractivity contribution in [2.45, 2.75) is 24.5 Å². The van der Waals surface area contributed by atoms with Gasteiger partial charge in [0.05, 0.1) is 10.6 Å². The molecule has 3 aromatic rings. The standard InChI is InChI=1S/C25H27ClN2O3S2/c1-19-11-12-20(2)24(15-19)28(33(30,31)23-9-4-3-5-10-23)17-25(29)27-13-14-32-18-21-7-6-8-22(26)16-21/h3-12,15-16H,13-14,17-18H2,1-2H3,(H,27,29). The second kappa shape index (κ2) is 11.6. The topological polar surface area (TPSA) is 66.5 Å². The van der Waals surface area contributed by atoms with Crippen molar-refractivity contribution in [1.82, 2.24) is 5.32 Å². The van der Waals surface area contributed by atoms with E-state index < -0.39 is 10.0 Å². The Morgan fingerprint density at radius 1 is 1.00 bits per heavy atom. The fraction of sp³-hybridized carbons (Fsp3) is 0.240. The zero-order valence-electron chi connectivity index (χ0n) is 18.6. The molecular formula is C25H27ClN2O3S2. The van der Waals surface area contributed by atoms with Crippen LogP contribution < -0.4 is 9.62 Å². The van der Waals surface area contributed by atoms with Crippen LogP contribution in [0.5, 0.6) is 0 Å². The summed E-state index contributed by atoms with van der Waals surface area (Å²) in [6.45, 7) is 3.89. The molecule has 1 N–H and O–H groups in total. The first-order chi connectivity index (χ1) is 15.8. The van der Waals surface area contributed by atoms with Crippen molar-refractivity contribution in [3.05, 3.63) is 94.5 Å². The van der Waals surface area contributed by atoms with Crippen LogP contribution in [0.15, 0.2) is 77.7 Å². The molecule has 0 aliphatic heterocycles. The number of hydrogen-bond donors (Lipinski definition) is 1. The molecule has 33 heavy (non-hydrogen) atoms. The van der Waals surface area contributed by atoms with E-state index in [1.54, 1.807) is 36.0 Å². The van der Waals surface area contributed by atoms with Gasteiger partial charge < -0.3 is 5.32 Å². The number of rotatable bonds is 10. The van der Waals surface area contributed by atoms with Crippen LogP contribution in [0.4, 0.5) is 5.69 Å². The molecule has 0 heterocycles. The number of anilines is 1. The summed E-state index contributed by atoms with van der Waals surface area (Å²) in [4.78, 5) is 12.9. The van der Waals surface area contributed by atoms with Gasteiger partial charge in [-0.05, 0) is 60.9 Å². The minimum absolute atomic E-state index is 0.149. The van der Waals surface area contributed by atoms with Crippen LogP contribution in [0.1, 0.15) is 16.7 Å². The average Bonchev–Trinajstić information content (AvgIpc) is 2.79. The third-order valence-electron chi connectivity index (χ3n) is 4.98. The second-order valence-corrected chi connectivity index (χ2v) is 11.1. The monoisotopic (exact) mass is 502 g/mol. The van der Waals surface area contributed by atoms with Crippen molar-refractivity contribution in [3.8, 4) is 0 Å². The summed E-state index contributed by atoms with van der Waals surface area (Å²) in [5.41, 5.74) is 3.32. The van der Waals surface area contributed by atoms with Crippen LogP contribution in [-0.2, 0) is 20.6 Å². The Labute approximate surface area is 205 Å². The maximum Gasteiger partial charge on any atom is 0.264 e. The average molecular weight is 503 g/mol. The number of amides is 1. The van der Waals surface area contributed by atoms with E-state index in [4.69, 9.17) is 11.6 Å². The van der Waals surface area contributed by atoms with Crippen molar-refractivity contribution in [3.63, 3.8) is 0 Å². The molecule has 0 saturated heterocycles. The Hall–Kier alpha value is -2.48. The Kier molecular flexibility index (Phi) is 8.83. The molecular weight excluding hydrogens is 476 g/mol. The van der Waals surface area contributed by atoms with E-state index in [1.807, 2.05) is 50.2 Å². The predicted molar refractivity (Wildman–Crippen MR) is 138 cm³/mol. The maximum atomic E-state index is 13.4. The van der Waals surface area contributed by atoms with Crippen molar-refractivity contribution in [1.29, 1.82) is 0 Å². The molecule has 0 saturated carbocycles. The molecule has 0 unspecified atom stereocenters. The normalized spacial score (nSPS) is 11.2. The summed E-state index contributed by atoms with van der Waals surface area (Å²) >= 11 is 7.68. The van der Waals surface area contributed by atoms with Crippen molar-refractivity contribution in [2.75, 3.05) is 23.1 Å². The molecule has 0 fully saturated rings. The molecule has 1 amide bonds. The number of halogens is 1. The van der Waals surface area contributed by atoms with Gasteiger partial charge in [-0.25, -0.2) is 8.42 Å². The van der Waals surface area contributed by atoms with E-state index in [-0.39, 0.29) is 17.3 Å². The molecule has 0 spiro atoms. The number of carbonyl (C=O) groups excluding carboxylic acids is 1. The van der Waals surface area contributed by atoms with Gasteiger partial charge in [-0.2, -0.15) is 11.8 Å². The fourth-order valence-electron chi connectivity index (χ4n) is 3.27. The van der Waals surface area contributed by atoms with Gasteiger partial charge >= 0.3 is 0 Å². The first-order valence-electron chi connectivity index (χ1n) is 10.5. The Bertz CT molecular complexity index is 1200. The van der Waals surface area contributed by atoms with Crippen molar-refractivity contribution < 1.29 is 13.2 Å². The van der Waals surface area contributed by atoms with Crippen molar-refractivity contribution in [2.24, 2.45) is 0 Å². The smallest absolute Gasteiger partial charge is 0.264 e. The first-order valence-corrected chi connectivity index (χ1v) is 13.5. The number of sulfonamides is 1. The van der Waals surface area contributed by atoms with E-state index in [2.05, 4.69) is 5.32 Å². The van der Waals surface area contributed by atoms with E-state index >= 15 is 0 Å². The molecule has 0 aliphatic carbocycles. The molecule has 3 aromatic carbocycles. The number of thioether (sulfide) groups is 1. The van der Waals surface area contributed by atoms with Gasteiger partial charge in [-0.3, -0.25) is 9.10 Å². The van der Waals surface area contributed by atoms with Gasteiger partial charge in [0.15, 0.2) is 0 Å². The third kappa shape index (κ3) is 7.00. The van der Waals surface area contributed by atoms with Gasteiger partial charge in [-0.15, -0.1) is 0 Å². The molecule has 174 valence electrons. The number of benzene rings is 3. The molecule has 0 aromatic heterocycles. The molecule has 0 radical (unpaired) electrons. The van der Waals surface area contributed by atoms with Gasteiger partial charge in [0.1, 0.15) is 6.54 Å².